The number of aliphatic hydroxyl groups excluding tert-OH is 4. The lowest BCUT2D eigenvalue weighted by molar-refractivity contribution is -0.350. The number of carbonyl (C=O) groups excluding carboxylic acids is 2. The Labute approximate surface area is 88.4 Å². The van der Waals surface area contributed by atoms with Crippen molar-refractivity contribution in [1.82, 2.24) is 0 Å². The third-order valence-electron chi connectivity index (χ3n) is 1.92. The fourth-order valence-electron chi connectivity index (χ4n) is 1.02. The molecular weight excluding hydrogens is 228 g/mol. The molecule has 0 aromatic heterocycles. The number of cyclic esters (lactones) is 2. The van der Waals surface area contributed by atoms with Gasteiger partial charge in [0.15, 0.2) is 6.10 Å². The standard InChI is InChI=1S/C7H10O9/c8-1-2(9)3(10)4(11)7(14)15-5(12)6(13)16-7/h2-4,8-11,14H,1H2/t2-,3?,4-/m0/s1. The first-order valence-electron chi connectivity index (χ1n) is 4.15. The first-order chi connectivity index (χ1) is 7.31. The third kappa shape index (κ3) is 2.13. The summed E-state index contributed by atoms with van der Waals surface area (Å²) in [7, 11) is 0. The first kappa shape index (κ1) is 12.8. The van der Waals surface area contributed by atoms with Crippen LogP contribution < -0.4 is 0 Å². The maximum absolute atomic E-state index is 10.6. The zero-order valence-electron chi connectivity index (χ0n) is 7.81. The average molecular weight is 238 g/mol. The Kier molecular flexibility index (Phi) is 3.45. The van der Waals surface area contributed by atoms with Crippen molar-refractivity contribution >= 4 is 11.9 Å². The van der Waals surface area contributed by atoms with Gasteiger partial charge in [0.25, 0.3) is 0 Å². The molecular formula is C7H10O9. The van der Waals surface area contributed by atoms with Crippen LogP contribution in [0, 0.1) is 0 Å². The van der Waals surface area contributed by atoms with Crippen LogP contribution in [0.4, 0.5) is 0 Å². The zero-order chi connectivity index (χ0) is 12.5. The molecule has 16 heavy (non-hydrogen) atoms. The van der Waals surface area contributed by atoms with E-state index in [0.29, 0.717) is 0 Å². The van der Waals surface area contributed by atoms with Crippen LogP contribution in [0.15, 0.2) is 0 Å². The van der Waals surface area contributed by atoms with E-state index in [2.05, 4.69) is 9.47 Å². The van der Waals surface area contributed by atoms with Gasteiger partial charge < -0.3 is 35.0 Å². The van der Waals surface area contributed by atoms with E-state index in [-0.39, 0.29) is 0 Å². The minimum Gasteiger partial charge on any atom is -0.394 e. The second-order valence-electron chi connectivity index (χ2n) is 3.10. The topological polar surface area (TPSA) is 154 Å². The largest absolute Gasteiger partial charge is 0.422 e. The molecule has 3 atom stereocenters. The molecule has 5 N–H and O–H groups in total. The van der Waals surface area contributed by atoms with E-state index >= 15 is 0 Å². The van der Waals surface area contributed by atoms with Gasteiger partial charge >= 0.3 is 17.9 Å². The van der Waals surface area contributed by atoms with Gasteiger partial charge in [-0.05, 0) is 0 Å². The highest BCUT2D eigenvalue weighted by atomic mass is 16.9. The lowest BCUT2D eigenvalue weighted by Crippen LogP contribution is -2.54. The van der Waals surface area contributed by atoms with Gasteiger partial charge in [0.05, 0.1) is 6.61 Å². The van der Waals surface area contributed by atoms with Crippen molar-refractivity contribution in [3.05, 3.63) is 0 Å². The molecule has 0 radical (unpaired) electrons. The number of hydrogen-bond donors (Lipinski definition) is 5. The van der Waals surface area contributed by atoms with Crippen LogP contribution in [0.3, 0.4) is 0 Å². The van der Waals surface area contributed by atoms with Gasteiger partial charge in [0.1, 0.15) is 12.2 Å². The summed E-state index contributed by atoms with van der Waals surface area (Å²) in [6.07, 6.45) is -6.20. The molecule has 1 aliphatic rings. The van der Waals surface area contributed by atoms with Crippen LogP contribution in [-0.2, 0) is 19.1 Å². The summed E-state index contributed by atoms with van der Waals surface area (Å²) in [6, 6.07) is 0. The fourth-order valence-corrected chi connectivity index (χ4v) is 1.02. The van der Waals surface area contributed by atoms with Crippen molar-refractivity contribution in [1.29, 1.82) is 0 Å². The van der Waals surface area contributed by atoms with Gasteiger partial charge in [-0.25, -0.2) is 9.59 Å². The quantitative estimate of drug-likeness (QED) is 0.242. The second kappa shape index (κ2) is 4.31. The molecule has 1 unspecified atom stereocenters. The van der Waals surface area contributed by atoms with E-state index in [4.69, 9.17) is 10.2 Å². The molecule has 0 aliphatic carbocycles. The summed E-state index contributed by atoms with van der Waals surface area (Å²) < 4.78 is 7.96. The summed E-state index contributed by atoms with van der Waals surface area (Å²) in [5.41, 5.74) is 0. The van der Waals surface area contributed by atoms with Crippen molar-refractivity contribution in [2.24, 2.45) is 0 Å². The van der Waals surface area contributed by atoms with Gasteiger partial charge in [0, 0.05) is 0 Å². The van der Waals surface area contributed by atoms with E-state index in [1.807, 2.05) is 0 Å². The molecule has 0 aromatic carbocycles. The van der Waals surface area contributed by atoms with Crippen molar-refractivity contribution < 1.29 is 44.6 Å². The fraction of sp³-hybridized carbons (Fsp3) is 0.714. The molecule has 0 spiro atoms. The summed E-state index contributed by atoms with van der Waals surface area (Å²) >= 11 is 0. The van der Waals surface area contributed by atoms with Crippen LogP contribution in [0.25, 0.3) is 0 Å². The Hall–Kier alpha value is -1.26. The first-order valence-corrected chi connectivity index (χ1v) is 4.15. The molecule has 0 aromatic rings. The Morgan fingerprint density at radius 3 is 1.94 bits per heavy atom. The molecule has 1 rings (SSSR count). The van der Waals surface area contributed by atoms with Crippen LogP contribution in [0.5, 0.6) is 0 Å². The maximum atomic E-state index is 10.6. The molecule has 9 heteroatoms. The van der Waals surface area contributed by atoms with Gasteiger partial charge in [-0.3, -0.25) is 0 Å². The van der Waals surface area contributed by atoms with Crippen LogP contribution in [0.1, 0.15) is 0 Å². The Morgan fingerprint density at radius 2 is 1.56 bits per heavy atom. The Bertz CT molecular complexity index is 284. The molecule has 92 valence electrons. The smallest absolute Gasteiger partial charge is 0.394 e. The highest BCUT2D eigenvalue weighted by molar-refractivity contribution is 6.31. The number of carbonyl (C=O) groups is 2. The molecule has 9 nitrogen and oxygen atoms in total. The summed E-state index contributed by atoms with van der Waals surface area (Å²) in [6.45, 7) is -0.920. The maximum Gasteiger partial charge on any atom is 0.422 e. The van der Waals surface area contributed by atoms with E-state index in [1.54, 1.807) is 0 Å². The van der Waals surface area contributed by atoms with Crippen molar-refractivity contribution in [3.8, 4) is 0 Å². The molecule has 1 heterocycles. The molecule has 1 aliphatic heterocycles. The van der Waals surface area contributed by atoms with E-state index in [1.165, 1.54) is 0 Å². The van der Waals surface area contributed by atoms with Crippen molar-refractivity contribution in [3.63, 3.8) is 0 Å². The average Bonchev–Trinajstić information content (AvgIpc) is 2.50. The summed E-state index contributed by atoms with van der Waals surface area (Å²) in [4.78, 5) is 21.2. The molecule has 1 saturated heterocycles. The number of rotatable bonds is 4. The van der Waals surface area contributed by atoms with Crippen molar-refractivity contribution in [2.45, 2.75) is 24.3 Å². The summed E-state index contributed by atoms with van der Waals surface area (Å²) in [5.74, 6) is -6.16. The van der Waals surface area contributed by atoms with Crippen LogP contribution >= 0.6 is 0 Å². The predicted molar refractivity (Wildman–Crippen MR) is 42.2 cm³/mol. The summed E-state index contributed by atoms with van der Waals surface area (Å²) in [5, 5.41) is 45.2. The van der Waals surface area contributed by atoms with Crippen molar-refractivity contribution in [2.75, 3.05) is 6.61 Å². The minimum absolute atomic E-state index is 0.920. The third-order valence-corrected chi connectivity index (χ3v) is 1.92. The number of esters is 2. The van der Waals surface area contributed by atoms with Gasteiger partial charge in [0.2, 0.25) is 0 Å². The van der Waals surface area contributed by atoms with Crippen LogP contribution in [0.2, 0.25) is 0 Å². The van der Waals surface area contributed by atoms with Gasteiger partial charge in [-0.15, -0.1) is 0 Å². The molecule has 0 bridgehead atoms. The predicted octanol–water partition coefficient (Wildman–Crippen LogP) is -4.19. The van der Waals surface area contributed by atoms with Crippen LogP contribution in [-0.4, -0.2) is 68.4 Å². The highest BCUT2D eigenvalue weighted by Crippen LogP contribution is 2.25. The van der Waals surface area contributed by atoms with E-state index in [0.717, 1.165) is 0 Å². The molecule has 1 fully saturated rings. The van der Waals surface area contributed by atoms with E-state index < -0.39 is 42.8 Å². The lowest BCUT2D eigenvalue weighted by Gasteiger charge is -2.29. The van der Waals surface area contributed by atoms with Gasteiger partial charge in [-0.2, -0.15) is 0 Å². The number of ether oxygens (including phenoxy) is 2. The molecule has 0 saturated carbocycles. The Morgan fingerprint density at radius 1 is 1.12 bits per heavy atom. The Balaban J connectivity index is 2.77. The number of hydrogen-bond acceptors (Lipinski definition) is 9. The normalized spacial score (nSPS) is 24.6. The zero-order valence-corrected chi connectivity index (χ0v) is 7.81. The number of aliphatic hydroxyl groups is 5. The SMILES string of the molecule is O=C1OC(O)([C@@H](O)C(O)[C@@H](O)CO)OC1=O. The van der Waals surface area contributed by atoms with E-state index in [9.17, 15) is 24.9 Å². The second-order valence-corrected chi connectivity index (χ2v) is 3.10. The lowest BCUT2D eigenvalue weighted by atomic mass is 10.1. The minimum atomic E-state index is -3.07. The molecule has 0 amide bonds. The highest BCUT2D eigenvalue weighted by Gasteiger charge is 2.56. The monoisotopic (exact) mass is 238 g/mol. The van der Waals surface area contributed by atoms with Gasteiger partial charge in [-0.1, -0.05) is 0 Å².